The Morgan fingerprint density at radius 2 is 0.943 bits per heavy atom. The van der Waals surface area contributed by atoms with Crippen LogP contribution in [0.1, 0.15) is 129 Å². The number of phenols is 1. The molecule has 2 saturated heterocycles. The van der Waals surface area contributed by atoms with Gasteiger partial charge in [-0.3, -0.25) is 72.1 Å². The normalized spacial score (nSPS) is 17.2. The van der Waals surface area contributed by atoms with Gasteiger partial charge in [0, 0.05) is 51.7 Å². The van der Waals surface area contributed by atoms with Gasteiger partial charge in [-0.1, -0.05) is 76.6 Å². The second-order valence-corrected chi connectivity index (χ2v) is 27.1. The zero-order valence-electron chi connectivity index (χ0n) is 59.4. The maximum absolute atomic E-state index is 14.6. The third-order valence-electron chi connectivity index (χ3n) is 17.8. The number of carbonyl (C=O) groups excluding carboxylic acids is 11. The Kier molecular flexibility index (Phi) is 36.4. The number of guanidine groups is 1. The minimum Gasteiger partial charge on any atom is -0.508 e. The molecule has 0 radical (unpaired) electrons. The van der Waals surface area contributed by atoms with Gasteiger partial charge >= 0.3 is 23.9 Å². The van der Waals surface area contributed by atoms with Crippen LogP contribution in [-0.4, -0.2) is 246 Å². The number of thioether (sulfide) groups is 1. The number of aliphatic imine (C=N–C) groups is 1. The quantitative estimate of drug-likeness (QED) is 0.0179. The number of benzene rings is 2. The number of hydrogen-bond acceptors (Lipinski definition) is 20. The number of likely N-dealkylation sites (tertiary alicyclic amines) is 2. The highest BCUT2D eigenvalue weighted by Crippen LogP contribution is 2.24. The van der Waals surface area contributed by atoms with Crippen LogP contribution in [0.3, 0.4) is 0 Å². The average molecular weight is 1500 g/mol. The topological polar surface area (TPSA) is 583 Å². The van der Waals surface area contributed by atoms with Gasteiger partial charge in [-0.25, -0.2) is 4.79 Å². The van der Waals surface area contributed by atoms with Gasteiger partial charge < -0.3 is 105 Å². The first-order valence-corrected chi connectivity index (χ1v) is 36.0. The van der Waals surface area contributed by atoms with E-state index in [2.05, 4.69) is 52.8 Å². The number of nitrogens with one attached hydrogen (secondary N) is 9. The predicted molar refractivity (Wildman–Crippen MR) is 379 cm³/mol. The number of carboxylic acids is 4. The Labute approximate surface area is 611 Å². The van der Waals surface area contributed by atoms with Crippen LogP contribution in [-0.2, 0) is 84.8 Å². The van der Waals surface area contributed by atoms with Crippen LogP contribution in [0.2, 0.25) is 0 Å². The minimum absolute atomic E-state index is 0.0238. The first-order valence-electron chi connectivity index (χ1n) is 34.6. The van der Waals surface area contributed by atoms with E-state index in [0.717, 1.165) is 4.90 Å². The van der Waals surface area contributed by atoms with E-state index in [1.165, 1.54) is 40.9 Å². The van der Waals surface area contributed by atoms with Gasteiger partial charge in [0.15, 0.2) is 5.96 Å². The van der Waals surface area contributed by atoms with E-state index in [1.807, 2.05) is 0 Å². The number of nitrogens with zero attached hydrogens (tertiary/aromatic N) is 3. The lowest BCUT2D eigenvalue weighted by molar-refractivity contribution is -0.146. The van der Waals surface area contributed by atoms with E-state index in [1.54, 1.807) is 64.3 Å². The Morgan fingerprint density at radius 1 is 0.524 bits per heavy atom. The standard InChI is InChI=1S/C68H101N15O21S/c1-6-37(4)55(66(102)83-31-12-17-50(83)62(98)76-45(67(103)104)24-27-53(90)91)81-58(94)43(23-26-52(88)89)73-61(97)48(35-84)79-59(95)46(34-39-18-20-40(85)21-19-39)77-57(93)44(28-32-105-5)74-56(92)42(22-25-51(86)87)75-64(100)54(36(2)3)80-60(96)47(33-38-13-8-7-9-14-38)78-63(99)49-16-11-30-82(49)65(101)41(69)15-10-29-72-68(70)71/h7-9,13-14,18-21,36-37,41-50,54-55,84-85H,6,10-12,15-17,22-35,69H2,1-5H3,(H,73,97)(H,74,92)(H,75,100)(H,76,98)(H,77,93)(H,78,99)(H,79,95)(H,80,96)(H,81,94)(H,86,87)(H,88,89)(H,90,91)(H,103,104)(H4,70,71,72)/t37-,41-,42-,43-,44-,45-,46-,47-,48-,49-,50-,54-,55-/m0/s1. The summed E-state index contributed by atoms with van der Waals surface area (Å²) in [7, 11) is 0. The summed E-state index contributed by atoms with van der Waals surface area (Å²) in [4.78, 5) is 210. The highest BCUT2D eigenvalue weighted by molar-refractivity contribution is 7.98. The monoisotopic (exact) mass is 1500 g/mol. The number of phenolic OH excluding ortho intramolecular Hbond substituents is 1. The first kappa shape index (κ1) is 87.2. The summed E-state index contributed by atoms with van der Waals surface area (Å²) < 4.78 is 0. The first-order chi connectivity index (χ1) is 49.7. The van der Waals surface area contributed by atoms with E-state index in [-0.39, 0.29) is 82.0 Å². The number of carbonyl (C=O) groups is 15. The molecule has 2 fully saturated rings. The number of amides is 11. The van der Waals surface area contributed by atoms with E-state index < -0.39 is 225 Å². The van der Waals surface area contributed by atoms with Crippen LogP contribution in [0.5, 0.6) is 5.75 Å². The van der Waals surface area contributed by atoms with Gasteiger partial charge in [-0.05, 0) is 111 Å². The molecule has 0 saturated carbocycles. The largest absolute Gasteiger partial charge is 0.508 e. The van der Waals surface area contributed by atoms with Gasteiger partial charge in [-0.15, -0.1) is 0 Å². The summed E-state index contributed by atoms with van der Waals surface area (Å²) in [6.07, 6.45) is -0.809. The smallest absolute Gasteiger partial charge is 0.326 e. The summed E-state index contributed by atoms with van der Waals surface area (Å²) in [5.41, 5.74) is 18.0. The number of aliphatic carboxylic acids is 4. The lowest BCUT2D eigenvalue weighted by atomic mass is 9.96. The SMILES string of the molecule is CC[C@H](C)[C@H](NC(=O)[C@H](CCC(=O)O)NC(=O)[C@H](CO)NC(=O)[C@H](Cc1ccc(O)cc1)NC(=O)[C@H](CCSC)NC(=O)[C@H](CCC(=O)O)NC(=O)[C@@H](NC(=O)[C@H](Cc1ccccc1)NC(=O)[C@@H]1CCCN1C(=O)[C@@H](N)CCCN=C(N)N)C(C)C)C(=O)N1CCC[C@H]1C(=O)N[C@@H](CCC(=O)O)C(=O)O. The van der Waals surface area contributed by atoms with Gasteiger partial charge in [0.2, 0.25) is 65.0 Å². The van der Waals surface area contributed by atoms with Gasteiger partial charge in [0.1, 0.15) is 72.2 Å². The zero-order chi connectivity index (χ0) is 78.2. The van der Waals surface area contributed by atoms with E-state index in [9.17, 15) is 97.5 Å². The number of nitrogens with two attached hydrogens (primary N) is 3. The van der Waals surface area contributed by atoms with Crippen molar-refractivity contribution in [1.82, 2.24) is 57.7 Å². The Morgan fingerprint density at radius 3 is 1.43 bits per heavy atom. The second-order valence-electron chi connectivity index (χ2n) is 26.1. The Hall–Kier alpha value is -10.2. The fraction of sp³-hybridized carbons (Fsp3) is 0.588. The average Bonchev–Trinajstić information content (AvgIpc) is 1.67. The molecule has 11 amide bonds. The molecule has 2 heterocycles. The molecule has 2 aromatic rings. The number of hydrogen-bond donors (Lipinski definition) is 18. The molecule has 580 valence electrons. The molecule has 2 aromatic carbocycles. The van der Waals surface area contributed by atoms with Crippen LogP contribution in [0.25, 0.3) is 0 Å². The zero-order valence-corrected chi connectivity index (χ0v) is 60.2. The molecule has 0 spiro atoms. The predicted octanol–water partition coefficient (Wildman–Crippen LogP) is -2.97. The summed E-state index contributed by atoms with van der Waals surface area (Å²) in [6, 6.07) is -3.95. The van der Waals surface area contributed by atoms with Crippen LogP contribution < -0.4 is 65.1 Å². The minimum atomic E-state index is -1.96. The van der Waals surface area contributed by atoms with Crippen molar-refractivity contribution in [2.75, 3.05) is 38.2 Å². The molecule has 36 nitrogen and oxygen atoms in total. The molecule has 105 heavy (non-hydrogen) atoms. The lowest BCUT2D eigenvalue weighted by Gasteiger charge is -2.33. The molecule has 0 unspecified atom stereocenters. The van der Waals surface area contributed by atoms with Crippen molar-refractivity contribution in [2.45, 2.75) is 203 Å². The summed E-state index contributed by atoms with van der Waals surface area (Å²) in [5, 5.41) is 81.6. The maximum Gasteiger partial charge on any atom is 0.326 e. The van der Waals surface area contributed by atoms with E-state index in [0.29, 0.717) is 24.0 Å². The fourth-order valence-corrected chi connectivity index (χ4v) is 12.2. The molecule has 37 heteroatoms. The third kappa shape index (κ3) is 28.8. The number of rotatable bonds is 45. The van der Waals surface area contributed by atoms with Crippen molar-refractivity contribution in [1.29, 1.82) is 0 Å². The van der Waals surface area contributed by atoms with Crippen LogP contribution in [0.15, 0.2) is 59.6 Å². The van der Waals surface area contributed by atoms with Crippen molar-refractivity contribution in [2.24, 2.45) is 34.0 Å². The molecule has 2 aliphatic heterocycles. The number of carboxylic acid groups (broad SMARTS) is 4. The molecule has 21 N–H and O–H groups in total. The highest BCUT2D eigenvalue weighted by Gasteiger charge is 2.43. The summed E-state index contributed by atoms with van der Waals surface area (Å²) >= 11 is 1.24. The number of aromatic hydroxyl groups is 1. The number of aliphatic hydroxyl groups excluding tert-OH is 1. The maximum atomic E-state index is 14.6. The van der Waals surface area contributed by atoms with Crippen molar-refractivity contribution < 1.29 is 103 Å². The van der Waals surface area contributed by atoms with Crippen molar-refractivity contribution >= 4 is 107 Å². The molecule has 2 aliphatic rings. The van der Waals surface area contributed by atoms with Crippen molar-refractivity contribution in [3.63, 3.8) is 0 Å². The lowest BCUT2D eigenvalue weighted by Crippen LogP contribution is -2.62. The van der Waals surface area contributed by atoms with Gasteiger partial charge in [0.25, 0.3) is 0 Å². The Bertz CT molecular complexity index is 3380. The summed E-state index contributed by atoms with van der Waals surface area (Å²) in [5.74, 6) is -17.5. The van der Waals surface area contributed by atoms with Gasteiger partial charge in [-0.2, -0.15) is 11.8 Å². The van der Waals surface area contributed by atoms with Crippen LogP contribution >= 0.6 is 11.8 Å². The highest BCUT2D eigenvalue weighted by atomic mass is 32.2. The molecule has 0 aliphatic carbocycles. The molecular weight excluding hydrogens is 1390 g/mol. The molecule has 0 bridgehead atoms. The van der Waals surface area contributed by atoms with E-state index >= 15 is 0 Å². The van der Waals surface area contributed by atoms with Crippen molar-refractivity contribution in [3.05, 3.63) is 65.7 Å². The van der Waals surface area contributed by atoms with E-state index in [4.69, 9.17) is 22.3 Å². The molecule has 13 atom stereocenters. The van der Waals surface area contributed by atoms with Crippen molar-refractivity contribution in [3.8, 4) is 5.75 Å². The molecule has 4 rings (SSSR count). The molecular formula is C68H101N15O21S. The summed E-state index contributed by atoms with van der Waals surface area (Å²) in [6.45, 7) is 5.62. The Balaban J connectivity index is 1.58. The van der Waals surface area contributed by atoms with Crippen LogP contribution in [0.4, 0.5) is 0 Å². The number of aliphatic hydroxyl groups is 1. The fourth-order valence-electron chi connectivity index (χ4n) is 11.7. The molecule has 0 aromatic heterocycles. The van der Waals surface area contributed by atoms with Crippen LogP contribution in [0, 0.1) is 11.8 Å². The van der Waals surface area contributed by atoms with Gasteiger partial charge in [0.05, 0.1) is 12.6 Å². The third-order valence-corrected chi connectivity index (χ3v) is 18.4. The second kappa shape index (κ2) is 43.8.